The molecule has 2 heterocycles. The van der Waals surface area contributed by atoms with Gasteiger partial charge in [0.05, 0.1) is 6.61 Å². The van der Waals surface area contributed by atoms with Gasteiger partial charge in [0.15, 0.2) is 0 Å². The number of para-hydroxylation sites is 1. The number of carbonyl (C=O) groups is 2. The minimum Gasteiger partial charge on any atom is -0.493 e. The molecular weight excluding hydrogens is 294 g/mol. The zero-order valence-corrected chi connectivity index (χ0v) is 13.0. The second kappa shape index (κ2) is 5.25. The van der Waals surface area contributed by atoms with Crippen LogP contribution in [0.2, 0.25) is 0 Å². The van der Waals surface area contributed by atoms with E-state index in [1.54, 1.807) is 4.90 Å². The van der Waals surface area contributed by atoms with Gasteiger partial charge >= 0.3 is 5.97 Å². The van der Waals surface area contributed by atoms with Crippen molar-refractivity contribution in [2.75, 3.05) is 13.2 Å². The number of carboxylic acids is 1. The van der Waals surface area contributed by atoms with E-state index in [9.17, 15) is 14.7 Å². The minimum absolute atomic E-state index is 0.0220. The lowest BCUT2D eigenvalue weighted by molar-refractivity contribution is -0.152. The van der Waals surface area contributed by atoms with Gasteiger partial charge in [-0.1, -0.05) is 18.2 Å². The summed E-state index contributed by atoms with van der Waals surface area (Å²) in [6, 6.07) is 7.28. The van der Waals surface area contributed by atoms with E-state index in [4.69, 9.17) is 4.74 Å². The molecule has 23 heavy (non-hydrogen) atoms. The standard InChI is InChI=1S/C18H21NO4/c20-16(19-9-4-3-6-14(19)17(21)22)13-11-18(13)8-10-23-15-7-2-1-5-12(15)18/h1-2,5,7,13-14H,3-4,6,8-11H2,(H,21,22)/t13-,14+,18-/m0/s1. The van der Waals surface area contributed by atoms with Crippen LogP contribution in [0.4, 0.5) is 0 Å². The molecule has 5 nitrogen and oxygen atoms in total. The normalized spacial score (nSPS) is 32.1. The van der Waals surface area contributed by atoms with Crippen LogP contribution in [0, 0.1) is 5.92 Å². The average molecular weight is 315 g/mol. The number of rotatable bonds is 2. The number of ether oxygens (including phenoxy) is 1. The van der Waals surface area contributed by atoms with Crippen molar-refractivity contribution in [2.45, 2.75) is 43.6 Å². The third kappa shape index (κ3) is 2.21. The van der Waals surface area contributed by atoms with E-state index in [-0.39, 0.29) is 17.2 Å². The summed E-state index contributed by atoms with van der Waals surface area (Å²) in [5.74, 6) is -0.0658. The van der Waals surface area contributed by atoms with Crippen LogP contribution in [0.15, 0.2) is 24.3 Å². The smallest absolute Gasteiger partial charge is 0.326 e. The molecule has 2 aliphatic heterocycles. The number of piperidine rings is 1. The summed E-state index contributed by atoms with van der Waals surface area (Å²) in [5, 5.41) is 9.41. The van der Waals surface area contributed by atoms with Crippen molar-refractivity contribution in [2.24, 2.45) is 5.92 Å². The summed E-state index contributed by atoms with van der Waals surface area (Å²) < 4.78 is 5.71. The number of likely N-dealkylation sites (tertiary alicyclic amines) is 1. The number of hydrogen-bond acceptors (Lipinski definition) is 3. The van der Waals surface area contributed by atoms with Gasteiger partial charge in [-0.15, -0.1) is 0 Å². The fourth-order valence-electron chi connectivity index (χ4n) is 4.34. The first kappa shape index (κ1) is 14.5. The Morgan fingerprint density at radius 2 is 2.09 bits per heavy atom. The monoisotopic (exact) mass is 315 g/mol. The minimum atomic E-state index is -0.875. The Balaban J connectivity index is 1.59. The van der Waals surface area contributed by atoms with E-state index >= 15 is 0 Å². The molecule has 1 aliphatic carbocycles. The van der Waals surface area contributed by atoms with Gasteiger partial charge < -0.3 is 14.7 Å². The molecule has 1 N–H and O–H groups in total. The molecule has 1 saturated heterocycles. The van der Waals surface area contributed by atoms with Crippen LogP contribution in [0.1, 0.15) is 37.7 Å². The van der Waals surface area contributed by atoms with Crippen LogP contribution >= 0.6 is 0 Å². The van der Waals surface area contributed by atoms with Crippen LogP contribution in [-0.4, -0.2) is 41.1 Å². The molecule has 5 heteroatoms. The van der Waals surface area contributed by atoms with E-state index in [1.807, 2.05) is 24.3 Å². The number of carbonyl (C=O) groups excluding carboxylic acids is 1. The van der Waals surface area contributed by atoms with E-state index in [0.29, 0.717) is 19.6 Å². The Morgan fingerprint density at radius 3 is 2.91 bits per heavy atom. The Morgan fingerprint density at radius 1 is 1.26 bits per heavy atom. The largest absolute Gasteiger partial charge is 0.493 e. The maximum Gasteiger partial charge on any atom is 0.326 e. The van der Waals surface area contributed by atoms with E-state index < -0.39 is 12.0 Å². The molecule has 1 aromatic carbocycles. The molecular formula is C18H21NO4. The molecule has 2 fully saturated rings. The highest BCUT2D eigenvalue weighted by atomic mass is 16.5. The highest BCUT2D eigenvalue weighted by Gasteiger charge is 2.62. The third-order valence-electron chi connectivity index (χ3n) is 5.67. The Hall–Kier alpha value is -2.04. The maximum atomic E-state index is 13.0. The topological polar surface area (TPSA) is 66.8 Å². The molecule has 1 spiro atoms. The highest BCUT2D eigenvalue weighted by molar-refractivity contribution is 5.89. The predicted molar refractivity (Wildman–Crippen MR) is 83.3 cm³/mol. The van der Waals surface area contributed by atoms with Crippen LogP contribution in [0.25, 0.3) is 0 Å². The fourth-order valence-corrected chi connectivity index (χ4v) is 4.34. The van der Waals surface area contributed by atoms with Crippen molar-refractivity contribution < 1.29 is 19.4 Å². The van der Waals surface area contributed by atoms with E-state index in [1.165, 1.54) is 0 Å². The van der Waals surface area contributed by atoms with Crippen molar-refractivity contribution in [3.05, 3.63) is 29.8 Å². The number of benzene rings is 1. The van der Waals surface area contributed by atoms with E-state index in [2.05, 4.69) is 0 Å². The molecule has 3 atom stereocenters. The second-order valence-electron chi connectivity index (χ2n) is 6.89. The van der Waals surface area contributed by atoms with Crippen molar-refractivity contribution in [3.8, 4) is 5.75 Å². The van der Waals surface area contributed by atoms with Gasteiger partial charge in [0, 0.05) is 23.4 Å². The summed E-state index contributed by atoms with van der Waals surface area (Å²) in [4.78, 5) is 26.1. The quantitative estimate of drug-likeness (QED) is 0.908. The molecule has 1 saturated carbocycles. The van der Waals surface area contributed by atoms with Gasteiger partial charge in [-0.25, -0.2) is 4.79 Å². The molecule has 3 aliphatic rings. The lowest BCUT2D eigenvalue weighted by atomic mass is 9.87. The first-order chi connectivity index (χ1) is 11.1. The average Bonchev–Trinajstić information content (AvgIpc) is 3.29. The van der Waals surface area contributed by atoms with Gasteiger partial charge in [0.2, 0.25) is 5.91 Å². The molecule has 4 rings (SSSR count). The Bertz CT molecular complexity index is 658. The number of aliphatic carboxylic acids is 1. The number of hydrogen-bond donors (Lipinski definition) is 1. The summed E-state index contributed by atoms with van der Waals surface area (Å²) in [6.45, 7) is 1.20. The van der Waals surface area contributed by atoms with Crippen molar-refractivity contribution in [3.63, 3.8) is 0 Å². The lowest BCUT2D eigenvalue weighted by Crippen LogP contribution is -2.49. The number of fused-ring (bicyclic) bond motifs is 2. The Kier molecular flexibility index (Phi) is 3.32. The third-order valence-corrected chi connectivity index (χ3v) is 5.67. The lowest BCUT2D eigenvalue weighted by Gasteiger charge is -2.34. The van der Waals surface area contributed by atoms with Crippen LogP contribution in [0.3, 0.4) is 0 Å². The van der Waals surface area contributed by atoms with Crippen LogP contribution in [-0.2, 0) is 15.0 Å². The number of nitrogens with zero attached hydrogens (tertiary/aromatic N) is 1. The molecule has 1 amide bonds. The summed E-state index contributed by atoms with van der Waals surface area (Å²) in [5.41, 5.74) is 0.986. The van der Waals surface area contributed by atoms with Crippen LogP contribution < -0.4 is 4.74 Å². The van der Waals surface area contributed by atoms with Gasteiger partial charge in [-0.3, -0.25) is 4.79 Å². The Labute approximate surface area is 135 Å². The molecule has 122 valence electrons. The van der Waals surface area contributed by atoms with Crippen molar-refractivity contribution in [1.29, 1.82) is 0 Å². The summed E-state index contributed by atoms with van der Waals surface area (Å²) >= 11 is 0. The fraction of sp³-hybridized carbons (Fsp3) is 0.556. The highest BCUT2D eigenvalue weighted by Crippen LogP contribution is 2.61. The van der Waals surface area contributed by atoms with Crippen molar-refractivity contribution >= 4 is 11.9 Å². The first-order valence-electron chi connectivity index (χ1n) is 8.39. The number of carboxylic acid groups (broad SMARTS) is 1. The van der Waals surface area contributed by atoms with E-state index in [0.717, 1.165) is 37.0 Å². The SMILES string of the molecule is O=C(O)[C@H]1CCCCN1C(=O)[C@@H]1C[C@]12CCOc1ccccc12. The number of amides is 1. The second-order valence-corrected chi connectivity index (χ2v) is 6.89. The maximum absolute atomic E-state index is 13.0. The predicted octanol–water partition coefficient (Wildman–Crippen LogP) is 2.19. The molecule has 0 aromatic heterocycles. The van der Waals surface area contributed by atoms with Crippen LogP contribution in [0.5, 0.6) is 5.75 Å². The first-order valence-corrected chi connectivity index (χ1v) is 8.39. The summed E-state index contributed by atoms with van der Waals surface area (Å²) in [7, 11) is 0. The van der Waals surface area contributed by atoms with Crippen molar-refractivity contribution in [1.82, 2.24) is 4.90 Å². The van der Waals surface area contributed by atoms with Gasteiger partial charge in [0.1, 0.15) is 11.8 Å². The van der Waals surface area contributed by atoms with Gasteiger partial charge in [-0.2, -0.15) is 0 Å². The zero-order valence-electron chi connectivity index (χ0n) is 13.0. The molecule has 1 aromatic rings. The van der Waals surface area contributed by atoms with Gasteiger partial charge in [-0.05, 0) is 38.2 Å². The summed E-state index contributed by atoms with van der Waals surface area (Å²) in [6.07, 6.45) is 4.00. The molecule has 0 bridgehead atoms. The molecule has 0 radical (unpaired) electrons. The zero-order chi connectivity index (χ0) is 16.0. The molecule has 0 unspecified atom stereocenters. The van der Waals surface area contributed by atoms with Gasteiger partial charge in [0.25, 0.3) is 0 Å².